The smallest absolute Gasteiger partial charge is 0.0689 e. The largest absolute Gasteiger partial charge is 0.377 e. The van der Waals surface area contributed by atoms with E-state index in [0.29, 0.717) is 6.04 Å². The fourth-order valence-corrected chi connectivity index (χ4v) is 1.07. The predicted octanol–water partition coefficient (Wildman–Crippen LogP) is 1.33. The Labute approximate surface area is 68.6 Å². The normalized spacial score (nSPS) is 18.6. The Balaban J connectivity index is 2.19. The topological polar surface area (TPSA) is 21.3 Å². The van der Waals surface area contributed by atoms with E-state index in [0.717, 1.165) is 26.2 Å². The highest BCUT2D eigenvalue weighted by Gasteiger charge is 2.02. The second-order valence-corrected chi connectivity index (χ2v) is 3.24. The van der Waals surface area contributed by atoms with Gasteiger partial charge in [0.15, 0.2) is 0 Å². The summed E-state index contributed by atoms with van der Waals surface area (Å²) in [6.07, 6.45) is 3.36. The molecule has 0 atom stereocenters. The average molecular weight is 155 g/mol. The van der Waals surface area contributed by atoms with Gasteiger partial charge in [-0.25, -0.2) is 0 Å². The molecule has 1 aliphatic heterocycles. The van der Waals surface area contributed by atoms with Crippen LogP contribution in [-0.2, 0) is 4.74 Å². The molecular formula is C9H17NO. The van der Waals surface area contributed by atoms with Crippen molar-refractivity contribution in [1.29, 1.82) is 0 Å². The van der Waals surface area contributed by atoms with Crippen molar-refractivity contribution in [2.45, 2.75) is 26.3 Å². The van der Waals surface area contributed by atoms with E-state index in [1.54, 1.807) is 0 Å². The lowest BCUT2D eigenvalue weighted by Gasteiger charge is -2.15. The van der Waals surface area contributed by atoms with Gasteiger partial charge < -0.3 is 10.1 Å². The minimum atomic E-state index is 0.567. The molecule has 0 spiro atoms. The summed E-state index contributed by atoms with van der Waals surface area (Å²) in [6.45, 7) is 7.01. The SMILES string of the molecule is CC(C)NCC1=CCCOC1. The summed E-state index contributed by atoms with van der Waals surface area (Å²) in [5.74, 6) is 0. The summed E-state index contributed by atoms with van der Waals surface area (Å²) in [5, 5.41) is 3.37. The predicted molar refractivity (Wildman–Crippen MR) is 46.7 cm³/mol. The van der Waals surface area contributed by atoms with Gasteiger partial charge in [0.05, 0.1) is 13.2 Å². The van der Waals surface area contributed by atoms with Gasteiger partial charge in [0, 0.05) is 12.6 Å². The number of hydrogen-bond acceptors (Lipinski definition) is 2. The highest BCUT2D eigenvalue weighted by atomic mass is 16.5. The van der Waals surface area contributed by atoms with E-state index in [4.69, 9.17) is 4.74 Å². The van der Waals surface area contributed by atoms with E-state index in [9.17, 15) is 0 Å². The molecule has 0 saturated heterocycles. The lowest BCUT2D eigenvalue weighted by atomic mass is 10.2. The number of nitrogens with one attached hydrogen (secondary N) is 1. The Kier molecular flexibility index (Phi) is 3.60. The maximum absolute atomic E-state index is 5.31. The summed E-state index contributed by atoms with van der Waals surface area (Å²) in [7, 11) is 0. The van der Waals surface area contributed by atoms with Crippen molar-refractivity contribution in [3.8, 4) is 0 Å². The molecule has 0 fully saturated rings. The summed E-state index contributed by atoms with van der Waals surface area (Å²) in [4.78, 5) is 0. The first-order valence-electron chi connectivity index (χ1n) is 4.28. The molecule has 1 rings (SSSR count). The number of ether oxygens (including phenoxy) is 1. The van der Waals surface area contributed by atoms with Crippen LogP contribution in [0, 0.1) is 0 Å². The van der Waals surface area contributed by atoms with Crippen LogP contribution in [0.2, 0.25) is 0 Å². The molecule has 64 valence electrons. The monoisotopic (exact) mass is 155 g/mol. The Morgan fingerprint density at radius 2 is 2.45 bits per heavy atom. The van der Waals surface area contributed by atoms with Gasteiger partial charge >= 0.3 is 0 Å². The summed E-state index contributed by atoms with van der Waals surface area (Å²) in [6, 6.07) is 0.567. The number of hydrogen-bond donors (Lipinski definition) is 1. The second kappa shape index (κ2) is 4.52. The molecule has 2 nitrogen and oxygen atoms in total. The zero-order chi connectivity index (χ0) is 8.10. The molecule has 11 heavy (non-hydrogen) atoms. The summed E-state index contributed by atoms with van der Waals surface area (Å²) >= 11 is 0. The van der Waals surface area contributed by atoms with E-state index in [-0.39, 0.29) is 0 Å². The highest BCUT2D eigenvalue weighted by Crippen LogP contribution is 2.03. The minimum Gasteiger partial charge on any atom is -0.377 e. The van der Waals surface area contributed by atoms with E-state index >= 15 is 0 Å². The quantitative estimate of drug-likeness (QED) is 0.621. The van der Waals surface area contributed by atoms with E-state index in [1.165, 1.54) is 5.57 Å². The molecule has 1 aliphatic rings. The molecular weight excluding hydrogens is 138 g/mol. The van der Waals surface area contributed by atoms with Gasteiger partial charge in [-0.3, -0.25) is 0 Å². The Hall–Kier alpha value is -0.340. The van der Waals surface area contributed by atoms with Gasteiger partial charge in [-0.1, -0.05) is 19.9 Å². The molecule has 0 bridgehead atoms. The molecule has 1 N–H and O–H groups in total. The third kappa shape index (κ3) is 3.54. The summed E-state index contributed by atoms with van der Waals surface area (Å²) in [5.41, 5.74) is 1.39. The third-order valence-electron chi connectivity index (χ3n) is 1.72. The molecule has 0 unspecified atom stereocenters. The number of rotatable bonds is 3. The van der Waals surface area contributed by atoms with Crippen LogP contribution in [0.4, 0.5) is 0 Å². The van der Waals surface area contributed by atoms with Crippen molar-refractivity contribution in [3.63, 3.8) is 0 Å². The molecule has 2 heteroatoms. The van der Waals surface area contributed by atoms with Crippen LogP contribution in [0.3, 0.4) is 0 Å². The summed E-state index contributed by atoms with van der Waals surface area (Å²) < 4.78 is 5.31. The minimum absolute atomic E-state index is 0.567. The molecule has 0 radical (unpaired) electrons. The first-order chi connectivity index (χ1) is 5.29. The fraction of sp³-hybridized carbons (Fsp3) is 0.778. The van der Waals surface area contributed by atoms with Gasteiger partial charge in [0.2, 0.25) is 0 Å². The van der Waals surface area contributed by atoms with Crippen molar-refractivity contribution in [2.75, 3.05) is 19.8 Å². The lowest BCUT2D eigenvalue weighted by Crippen LogP contribution is -2.27. The van der Waals surface area contributed by atoms with Crippen LogP contribution < -0.4 is 5.32 Å². The average Bonchev–Trinajstić information content (AvgIpc) is 2.03. The van der Waals surface area contributed by atoms with Crippen LogP contribution in [0.5, 0.6) is 0 Å². The van der Waals surface area contributed by atoms with Crippen LogP contribution in [0.1, 0.15) is 20.3 Å². The standard InChI is InChI=1S/C9H17NO/c1-8(2)10-6-9-4-3-5-11-7-9/h4,8,10H,3,5-7H2,1-2H3. The zero-order valence-electron chi connectivity index (χ0n) is 7.39. The first kappa shape index (κ1) is 8.75. The van der Waals surface area contributed by atoms with E-state index < -0.39 is 0 Å². The van der Waals surface area contributed by atoms with Gasteiger partial charge in [0.1, 0.15) is 0 Å². The van der Waals surface area contributed by atoms with Crippen molar-refractivity contribution in [2.24, 2.45) is 0 Å². The van der Waals surface area contributed by atoms with Gasteiger partial charge in [0.25, 0.3) is 0 Å². The van der Waals surface area contributed by atoms with Crippen LogP contribution >= 0.6 is 0 Å². The van der Waals surface area contributed by atoms with Crippen molar-refractivity contribution >= 4 is 0 Å². The molecule has 1 heterocycles. The molecule has 0 aliphatic carbocycles. The van der Waals surface area contributed by atoms with E-state index in [1.807, 2.05) is 0 Å². The van der Waals surface area contributed by atoms with Crippen LogP contribution in [0.15, 0.2) is 11.6 Å². The van der Waals surface area contributed by atoms with Crippen molar-refractivity contribution < 1.29 is 4.74 Å². The molecule has 0 saturated carbocycles. The van der Waals surface area contributed by atoms with Gasteiger partial charge in [-0.2, -0.15) is 0 Å². The Morgan fingerprint density at radius 1 is 1.64 bits per heavy atom. The molecule has 0 aromatic heterocycles. The maximum atomic E-state index is 5.31. The maximum Gasteiger partial charge on any atom is 0.0689 e. The van der Waals surface area contributed by atoms with Gasteiger partial charge in [-0.05, 0) is 12.0 Å². The zero-order valence-corrected chi connectivity index (χ0v) is 7.39. The Morgan fingerprint density at radius 3 is 3.00 bits per heavy atom. The second-order valence-electron chi connectivity index (χ2n) is 3.24. The third-order valence-corrected chi connectivity index (χ3v) is 1.72. The van der Waals surface area contributed by atoms with Crippen molar-refractivity contribution in [1.82, 2.24) is 5.32 Å². The molecule has 0 amide bonds. The van der Waals surface area contributed by atoms with Crippen LogP contribution in [0.25, 0.3) is 0 Å². The lowest BCUT2D eigenvalue weighted by molar-refractivity contribution is 0.148. The fourth-order valence-electron chi connectivity index (χ4n) is 1.07. The molecule has 0 aromatic rings. The molecule has 0 aromatic carbocycles. The van der Waals surface area contributed by atoms with Crippen molar-refractivity contribution in [3.05, 3.63) is 11.6 Å². The Bertz CT molecular complexity index is 140. The van der Waals surface area contributed by atoms with E-state index in [2.05, 4.69) is 25.2 Å². The van der Waals surface area contributed by atoms with Gasteiger partial charge in [-0.15, -0.1) is 0 Å². The highest BCUT2D eigenvalue weighted by molar-refractivity contribution is 5.06. The van der Waals surface area contributed by atoms with Crippen LogP contribution in [-0.4, -0.2) is 25.8 Å². The first-order valence-corrected chi connectivity index (χ1v) is 4.28.